The lowest BCUT2D eigenvalue weighted by atomic mass is 10.0. The Morgan fingerprint density at radius 3 is 2.08 bits per heavy atom. The van der Waals surface area contributed by atoms with Crippen LogP contribution in [0.5, 0.6) is 0 Å². The van der Waals surface area contributed by atoms with Crippen LogP contribution in [0.4, 0.5) is 0 Å². The second-order valence-electron chi connectivity index (χ2n) is 10.0. The first-order valence-electron chi connectivity index (χ1n) is 12.6. The van der Waals surface area contributed by atoms with Gasteiger partial charge in [0, 0.05) is 49.8 Å². The van der Waals surface area contributed by atoms with Crippen LogP contribution >= 0.6 is 34.8 Å². The first kappa shape index (κ1) is 28.8. The van der Waals surface area contributed by atoms with Crippen LogP contribution in [0.15, 0.2) is 17.0 Å². The number of piperazine rings is 1. The van der Waals surface area contributed by atoms with E-state index in [1.807, 2.05) is 0 Å². The lowest BCUT2D eigenvalue weighted by molar-refractivity contribution is 0.0892. The average molecular weight is 602 g/mol. The van der Waals surface area contributed by atoms with Crippen molar-refractivity contribution in [2.24, 2.45) is 0 Å². The zero-order valence-electron chi connectivity index (χ0n) is 20.6. The van der Waals surface area contributed by atoms with E-state index in [1.54, 1.807) is 4.31 Å². The van der Waals surface area contributed by atoms with Crippen LogP contribution in [0.25, 0.3) is 0 Å². The molecule has 3 aliphatic rings. The molecule has 0 amide bonds. The van der Waals surface area contributed by atoms with E-state index in [9.17, 15) is 16.8 Å². The average Bonchev–Trinajstić information content (AvgIpc) is 3.28. The summed E-state index contributed by atoms with van der Waals surface area (Å²) >= 11 is 18.3. The Morgan fingerprint density at radius 1 is 0.861 bits per heavy atom. The highest BCUT2D eigenvalue weighted by Gasteiger charge is 2.38. The van der Waals surface area contributed by atoms with Crippen LogP contribution in [0.2, 0.25) is 15.1 Å². The molecular formula is C23H35Cl3N4O4S2. The third kappa shape index (κ3) is 6.51. The fourth-order valence-electron chi connectivity index (χ4n) is 5.64. The van der Waals surface area contributed by atoms with Crippen molar-refractivity contribution in [3.63, 3.8) is 0 Å². The van der Waals surface area contributed by atoms with Gasteiger partial charge in [-0.3, -0.25) is 4.90 Å². The highest BCUT2D eigenvalue weighted by molar-refractivity contribution is 7.89. The molecular weight excluding hydrogens is 567 g/mol. The largest absolute Gasteiger partial charge is 0.306 e. The van der Waals surface area contributed by atoms with Crippen LogP contribution < -0.4 is 0 Å². The third-order valence-electron chi connectivity index (χ3n) is 7.66. The van der Waals surface area contributed by atoms with E-state index in [2.05, 4.69) is 16.8 Å². The number of piperidine rings is 1. The predicted molar refractivity (Wildman–Crippen MR) is 145 cm³/mol. The monoisotopic (exact) mass is 600 g/mol. The number of hydrogen-bond donors (Lipinski definition) is 0. The van der Waals surface area contributed by atoms with E-state index in [1.165, 1.54) is 16.4 Å². The Hall–Kier alpha value is -0.170. The third-order valence-corrected chi connectivity index (χ3v) is 12.7. The molecule has 1 aromatic carbocycles. The quantitative estimate of drug-likeness (QED) is 0.453. The predicted octanol–water partition coefficient (Wildman–Crippen LogP) is 3.62. The van der Waals surface area contributed by atoms with Crippen LogP contribution in [-0.4, -0.2) is 106 Å². The summed E-state index contributed by atoms with van der Waals surface area (Å²) in [5, 5.41) is 0.236. The molecule has 0 aromatic heterocycles. The maximum Gasteiger partial charge on any atom is 0.246 e. The summed E-state index contributed by atoms with van der Waals surface area (Å²) in [6.07, 6.45) is 4.52. The number of halogens is 3. The lowest BCUT2D eigenvalue weighted by Crippen LogP contribution is -2.54. The molecule has 8 nitrogen and oxygen atoms in total. The summed E-state index contributed by atoms with van der Waals surface area (Å²) in [6.45, 7) is 5.11. The molecule has 0 bridgehead atoms. The Bertz CT molecular complexity index is 1110. The van der Waals surface area contributed by atoms with E-state index < -0.39 is 20.0 Å². The van der Waals surface area contributed by atoms with Crippen molar-refractivity contribution in [1.29, 1.82) is 0 Å². The van der Waals surface area contributed by atoms with Crippen molar-refractivity contribution in [2.75, 3.05) is 58.6 Å². The van der Waals surface area contributed by atoms with Crippen molar-refractivity contribution >= 4 is 54.8 Å². The molecule has 4 rings (SSSR count). The highest BCUT2D eigenvalue weighted by atomic mass is 35.5. The molecule has 0 N–H and O–H groups in total. The number of benzene rings is 1. The van der Waals surface area contributed by atoms with E-state index >= 15 is 0 Å². The van der Waals surface area contributed by atoms with Crippen molar-refractivity contribution in [3.05, 3.63) is 27.2 Å². The van der Waals surface area contributed by atoms with Gasteiger partial charge in [0.15, 0.2) is 0 Å². The summed E-state index contributed by atoms with van der Waals surface area (Å²) in [5.74, 6) is 0.0219. The number of hydrogen-bond acceptors (Lipinski definition) is 6. The SMILES string of the molecule is CN1CCC(N2CCN(S(=O)(=O)CCCC3CCCN3S(=O)(=O)c3c(Cl)cc(Cl)cc3Cl)CC2)CC1. The maximum atomic E-state index is 13.4. The second kappa shape index (κ2) is 11.9. The molecule has 0 aliphatic carbocycles. The van der Waals surface area contributed by atoms with Gasteiger partial charge < -0.3 is 4.90 Å². The molecule has 0 spiro atoms. The van der Waals surface area contributed by atoms with Gasteiger partial charge >= 0.3 is 0 Å². The van der Waals surface area contributed by atoms with Crippen molar-refractivity contribution in [3.8, 4) is 0 Å². The normalized spacial score (nSPS) is 24.5. The first-order valence-corrected chi connectivity index (χ1v) is 16.7. The zero-order valence-corrected chi connectivity index (χ0v) is 24.5. The van der Waals surface area contributed by atoms with E-state index in [4.69, 9.17) is 34.8 Å². The molecule has 13 heteroatoms. The fourth-order valence-corrected chi connectivity index (χ4v) is 10.4. The van der Waals surface area contributed by atoms with Gasteiger partial charge in [0.25, 0.3) is 0 Å². The standard InChI is InChI=1S/C23H35Cl3N4O4S2/c1-27-9-6-19(7-10-27)28-11-13-29(14-12-28)35(31,32)15-3-5-20-4-2-8-30(20)36(33,34)23-21(25)16-18(24)17-22(23)26/h16-17,19-20H,2-15H2,1H3. The number of sulfonamides is 2. The number of rotatable bonds is 8. The van der Waals surface area contributed by atoms with Crippen LogP contribution in [-0.2, 0) is 20.0 Å². The molecule has 3 aliphatic heterocycles. The van der Waals surface area contributed by atoms with Gasteiger partial charge in [0.1, 0.15) is 4.90 Å². The molecule has 3 saturated heterocycles. The molecule has 1 unspecified atom stereocenters. The van der Waals surface area contributed by atoms with Crippen molar-refractivity contribution < 1.29 is 16.8 Å². The molecule has 0 radical (unpaired) electrons. The fraction of sp³-hybridized carbons (Fsp3) is 0.739. The van der Waals surface area contributed by atoms with Gasteiger partial charge in [0.05, 0.1) is 15.8 Å². The molecule has 1 atom stereocenters. The van der Waals surface area contributed by atoms with E-state index in [0.29, 0.717) is 51.4 Å². The lowest BCUT2D eigenvalue weighted by Gasteiger charge is -2.41. The molecule has 0 saturated carbocycles. The number of nitrogens with zero attached hydrogens (tertiary/aromatic N) is 4. The maximum absolute atomic E-state index is 13.4. The van der Waals surface area contributed by atoms with Gasteiger partial charge in [-0.2, -0.15) is 8.61 Å². The van der Waals surface area contributed by atoms with E-state index in [0.717, 1.165) is 39.0 Å². The minimum Gasteiger partial charge on any atom is -0.306 e. The highest BCUT2D eigenvalue weighted by Crippen LogP contribution is 2.37. The second-order valence-corrected chi connectivity index (χ2v) is 15.2. The smallest absolute Gasteiger partial charge is 0.246 e. The van der Waals surface area contributed by atoms with Gasteiger partial charge in [-0.1, -0.05) is 34.8 Å². The summed E-state index contributed by atoms with van der Waals surface area (Å²) in [7, 11) is -5.18. The first-order chi connectivity index (χ1) is 17.0. The Labute approximate surface area is 230 Å². The molecule has 36 heavy (non-hydrogen) atoms. The van der Waals surface area contributed by atoms with Crippen LogP contribution in [0.3, 0.4) is 0 Å². The minimum absolute atomic E-state index is 0.0138. The molecule has 3 heterocycles. The Kier molecular flexibility index (Phi) is 9.54. The topological polar surface area (TPSA) is 81.2 Å². The molecule has 3 fully saturated rings. The van der Waals surface area contributed by atoms with E-state index in [-0.39, 0.29) is 31.8 Å². The van der Waals surface area contributed by atoms with Gasteiger partial charge in [-0.25, -0.2) is 16.8 Å². The Balaban J connectivity index is 1.31. The molecule has 204 valence electrons. The van der Waals surface area contributed by atoms with Crippen molar-refractivity contribution in [2.45, 2.75) is 55.5 Å². The summed E-state index contributed by atoms with van der Waals surface area (Å²) in [4.78, 5) is 4.64. The van der Waals surface area contributed by atoms with Gasteiger partial charge in [0.2, 0.25) is 20.0 Å². The minimum atomic E-state index is -3.93. The summed E-state index contributed by atoms with van der Waals surface area (Å²) in [6, 6.07) is 3.00. The van der Waals surface area contributed by atoms with Crippen LogP contribution in [0.1, 0.15) is 38.5 Å². The van der Waals surface area contributed by atoms with Gasteiger partial charge in [-0.05, 0) is 70.8 Å². The number of likely N-dealkylation sites (tertiary alicyclic amines) is 1. The van der Waals surface area contributed by atoms with Gasteiger partial charge in [-0.15, -0.1) is 0 Å². The summed E-state index contributed by atoms with van der Waals surface area (Å²) < 4.78 is 55.8. The van der Waals surface area contributed by atoms with Crippen molar-refractivity contribution in [1.82, 2.24) is 18.4 Å². The molecule has 1 aromatic rings. The summed E-state index contributed by atoms with van der Waals surface area (Å²) in [5.41, 5.74) is 0. The Morgan fingerprint density at radius 2 is 1.47 bits per heavy atom. The zero-order chi connectivity index (χ0) is 26.1. The van der Waals surface area contributed by atoms with Crippen LogP contribution in [0, 0.1) is 0 Å².